The Morgan fingerprint density at radius 1 is 0.710 bits per heavy atom. The van der Waals surface area contributed by atoms with Crippen molar-refractivity contribution < 1.29 is 24.3 Å². The lowest BCUT2D eigenvalue weighted by Gasteiger charge is -2.45. The molecule has 0 radical (unpaired) electrons. The number of thioether (sulfide) groups is 1. The van der Waals surface area contributed by atoms with Gasteiger partial charge in [-0.25, -0.2) is 0 Å². The highest BCUT2D eigenvalue weighted by atomic mass is 32.2. The van der Waals surface area contributed by atoms with Crippen LogP contribution >= 0.6 is 11.8 Å². The molecule has 0 N–H and O–H groups in total. The molecule has 2 heterocycles. The molecule has 2 aliphatic heterocycles. The van der Waals surface area contributed by atoms with Gasteiger partial charge in [0.1, 0.15) is 0 Å². The molecule has 2 saturated carbocycles. The minimum absolute atomic E-state index is 0.311. The monoisotopic (exact) mass is 455 g/mol. The Bertz CT molecular complexity index is 536. The van der Waals surface area contributed by atoms with Gasteiger partial charge in [0.2, 0.25) is 17.5 Å². The van der Waals surface area contributed by atoms with Gasteiger partial charge in [0, 0.05) is 56.7 Å². The molecule has 1 amide bonds. The Morgan fingerprint density at radius 2 is 1.16 bits per heavy atom. The predicted molar refractivity (Wildman–Crippen MR) is 121 cm³/mol. The summed E-state index contributed by atoms with van der Waals surface area (Å²) in [5.74, 6) is 1.30. The fourth-order valence-corrected chi connectivity index (χ4v) is 6.23. The topological polar surface area (TPSA) is 57.2 Å². The van der Waals surface area contributed by atoms with E-state index < -0.39 is 11.6 Å². The quantitative estimate of drug-likeness (QED) is 0.494. The van der Waals surface area contributed by atoms with Crippen molar-refractivity contribution in [3.63, 3.8) is 0 Å². The molecule has 2 aliphatic carbocycles. The van der Waals surface area contributed by atoms with Crippen LogP contribution in [0, 0.1) is 5.92 Å². The summed E-state index contributed by atoms with van der Waals surface area (Å²) in [6.07, 6.45) is 16.8. The molecule has 4 fully saturated rings. The van der Waals surface area contributed by atoms with E-state index in [-0.39, 0.29) is 0 Å². The van der Waals surface area contributed by atoms with Gasteiger partial charge in [-0.3, -0.25) is 4.79 Å². The molecule has 6 nitrogen and oxygen atoms in total. The third-order valence-electron chi connectivity index (χ3n) is 7.50. The van der Waals surface area contributed by atoms with Crippen LogP contribution in [0.5, 0.6) is 0 Å². The summed E-state index contributed by atoms with van der Waals surface area (Å²) in [6.45, 7) is 1.80. The number of rotatable bonds is 2. The molecule has 0 bridgehead atoms. The van der Waals surface area contributed by atoms with E-state index in [0.29, 0.717) is 18.2 Å². The predicted octanol–water partition coefficient (Wildman–Crippen LogP) is 5.75. The zero-order valence-corrected chi connectivity index (χ0v) is 19.9. The first kappa shape index (κ1) is 23.8. The van der Waals surface area contributed by atoms with Crippen molar-refractivity contribution in [3.8, 4) is 0 Å². The Labute approximate surface area is 191 Å². The highest BCUT2D eigenvalue weighted by Gasteiger charge is 2.50. The normalized spacial score (nSPS) is 28.7. The summed E-state index contributed by atoms with van der Waals surface area (Å²) in [5.41, 5.74) is 0. The van der Waals surface area contributed by atoms with E-state index in [9.17, 15) is 4.79 Å². The number of hydrogen-bond donors (Lipinski definition) is 0. The molecule has 0 atom stereocenters. The third kappa shape index (κ3) is 6.83. The number of carbonyl (C=O) groups excluding carboxylic acids is 1. The van der Waals surface area contributed by atoms with Gasteiger partial charge in [-0.2, -0.15) is 31.3 Å². The SMILES string of the molecule is O=C(CC1CCC2(CC1)OOC1(CCCCCCCCCCC1)OO2)N1CCSCC1. The molecule has 2 saturated heterocycles. The number of nitrogens with zero attached hydrogens (tertiary/aromatic N) is 1. The van der Waals surface area contributed by atoms with E-state index >= 15 is 0 Å². The van der Waals surface area contributed by atoms with Crippen LogP contribution in [-0.4, -0.2) is 47.0 Å². The van der Waals surface area contributed by atoms with Crippen molar-refractivity contribution >= 4 is 17.7 Å². The van der Waals surface area contributed by atoms with Crippen molar-refractivity contribution in [3.05, 3.63) is 0 Å². The maximum atomic E-state index is 12.6. The van der Waals surface area contributed by atoms with E-state index in [1.807, 2.05) is 16.7 Å². The number of hydrogen-bond acceptors (Lipinski definition) is 6. The molecule has 31 heavy (non-hydrogen) atoms. The van der Waals surface area contributed by atoms with Gasteiger partial charge in [0.15, 0.2) is 0 Å². The van der Waals surface area contributed by atoms with Crippen LogP contribution < -0.4 is 0 Å². The summed E-state index contributed by atoms with van der Waals surface area (Å²) in [6, 6.07) is 0. The first-order valence-corrected chi connectivity index (χ1v) is 13.9. The summed E-state index contributed by atoms with van der Waals surface area (Å²) in [7, 11) is 0. The molecular weight excluding hydrogens is 414 g/mol. The number of carbonyl (C=O) groups is 1. The van der Waals surface area contributed by atoms with Crippen molar-refractivity contribution in [2.24, 2.45) is 5.92 Å². The largest absolute Gasteiger partial charge is 0.341 e. The average Bonchev–Trinajstić information content (AvgIpc) is 2.80. The minimum atomic E-state index is -0.795. The molecule has 2 spiro atoms. The first-order valence-electron chi connectivity index (χ1n) is 12.8. The maximum absolute atomic E-state index is 12.6. The minimum Gasteiger partial charge on any atom is -0.341 e. The molecule has 0 aromatic heterocycles. The lowest BCUT2D eigenvalue weighted by Crippen LogP contribution is -2.52. The van der Waals surface area contributed by atoms with Crippen molar-refractivity contribution in [2.75, 3.05) is 24.6 Å². The van der Waals surface area contributed by atoms with E-state index in [0.717, 1.165) is 76.0 Å². The fourth-order valence-electron chi connectivity index (χ4n) is 5.33. The van der Waals surface area contributed by atoms with Gasteiger partial charge < -0.3 is 4.90 Å². The average molecular weight is 456 g/mol. The Morgan fingerprint density at radius 3 is 1.68 bits per heavy atom. The lowest BCUT2D eigenvalue weighted by atomic mass is 9.83. The molecule has 4 rings (SSSR count). The standard InChI is InChI=1S/C24H41NO5S/c26-22(25-16-18-31-19-17-25)20-21-10-14-24(15-11-21)29-27-23(28-30-24)12-8-6-4-2-1-3-5-7-9-13-23/h21H,1-20H2. The van der Waals surface area contributed by atoms with Crippen LogP contribution in [-0.2, 0) is 24.3 Å². The zero-order chi connectivity index (χ0) is 21.4. The Hall–Kier alpha value is -0.340. The highest BCUT2D eigenvalue weighted by molar-refractivity contribution is 7.99. The maximum Gasteiger partial charge on any atom is 0.234 e. The first-order chi connectivity index (χ1) is 15.2. The van der Waals surface area contributed by atoms with E-state index in [1.165, 1.54) is 44.9 Å². The van der Waals surface area contributed by atoms with Crippen LogP contribution in [0.1, 0.15) is 103 Å². The van der Waals surface area contributed by atoms with Crippen molar-refractivity contribution in [2.45, 2.75) is 114 Å². The molecule has 0 aromatic carbocycles. The van der Waals surface area contributed by atoms with E-state index in [2.05, 4.69) is 0 Å². The zero-order valence-electron chi connectivity index (χ0n) is 19.1. The Balaban J connectivity index is 1.23. The molecule has 178 valence electrons. The van der Waals surface area contributed by atoms with E-state index in [4.69, 9.17) is 19.6 Å². The van der Waals surface area contributed by atoms with Gasteiger partial charge in [0.25, 0.3) is 0 Å². The van der Waals surface area contributed by atoms with Crippen molar-refractivity contribution in [1.82, 2.24) is 4.90 Å². The summed E-state index contributed by atoms with van der Waals surface area (Å²) in [5, 5.41) is 0. The van der Waals surface area contributed by atoms with Crippen LogP contribution in [0.15, 0.2) is 0 Å². The summed E-state index contributed by atoms with van der Waals surface area (Å²) < 4.78 is 0. The van der Waals surface area contributed by atoms with Gasteiger partial charge in [-0.05, 0) is 31.6 Å². The molecule has 7 heteroatoms. The molecule has 0 unspecified atom stereocenters. The van der Waals surface area contributed by atoms with Gasteiger partial charge in [-0.1, -0.05) is 44.9 Å². The van der Waals surface area contributed by atoms with Crippen LogP contribution in [0.25, 0.3) is 0 Å². The van der Waals surface area contributed by atoms with Gasteiger partial charge >= 0.3 is 0 Å². The molecule has 4 aliphatic rings. The number of amides is 1. The third-order valence-corrected chi connectivity index (χ3v) is 8.44. The summed E-state index contributed by atoms with van der Waals surface area (Å²) >= 11 is 1.94. The molecular formula is C24H41NO5S. The fraction of sp³-hybridized carbons (Fsp3) is 0.958. The second-order valence-corrected chi connectivity index (χ2v) is 11.2. The van der Waals surface area contributed by atoms with Crippen LogP contribution in [0.2, 0.25) is 0 Å². The van der Waals surface area contributed by atoms with E-state index in [1.54, 1.807) is 0 Å². The Kier molecular flexibility index (Phi) is 8.97. The van der Waals surface area contributed by atoms with Crippen LogP contribution in [0.4, 0.5) is 0 Å². The molecule has 0 aromatic rings. The smallest absolute Gasteiger partial charge is 0.234 e. The second kappa shape index (κ2) is 11.7. The van der Waals surface area contributed by atoms with Crippen LogP contribution in [0.3, 0.4) is 0 Å². The lowest BCUT2D eigenvalue weighted by molar-refractivity contribution is -0.662. The summed E-state index contributed by atoms with van der Waals surface area (Å²) in [4.78, 5) is 38.5. The van der Waals surface area contributed by atoms with Crippen molar-refractivity contribution in [1.29, 1.82) is 0 Å². The second-order valence-electron chi connectivity index (χ2n) is 9.98. The van der Waals surface area contributed by atoms with Gasteiger partial charge in [-0.15, -0.1) is 0 Å². The highest BCUT2D eigenvalue weighted by Crippen LogP contribution is 2.44. The van der Waals surface area contributed by atoms with Gasteiger partial charge in [0.05, 0.1) is 0 Å².